The number of rotatable bonds is 11. The van der Waals surface area contributed by atoms with Gasteiger partial charge in [-0.1, -0.05) is 6.07 Å². The molecule has 206 valence electrons. The fourth-order valence-corrected chi connectivity index (χ4v) is 4.00. The first kappa shape index (κ1) is 28.1. The average Bonchev–Trinajstić information content (AvgIpc) is 2.90. The number of hydrogen-bond acceptors (Lipinski definition) is 6. The van der Waals surface area contributed by atoms with Gasteiger partial charge in [0.1, 0.15) is 36.3 Å². The minimum absolute atomic E-state index is 0.0122. The van der Waals surface area contributed by atoms with Crippen molar-refractivity contribution in [3.8, 4) is 28.4 Å². The highest BCUT2D eigenvalue weighted by Crippen LogP contribution is 2.36. The van der Waals surface area contributed by atoms with Crippen LogP contribution < -0.4 is 9.47 Å². The third kappa shape index (κ3) is 6.96. The topological polar surface area (TPSA) is 70.0 Å². The van der Waals surface area contributed by atoms with Gasteiger partial charge in [-0.3, -0.25) is 4.98 Å². The molecule has 1 heterocycles. The molecule has 0 bridgehead atoms. The van der Waals surface area contributed by atoms with Crippen molar-refractivity contribution in [2.24, 2.45) is 0 Å². The second-order valence-corrected chi connectivity index (χ2v) is 8.46. The van der Waals surface area contributed by atoms with E-state index in [9.17, 15) is 22.7 Å². The van der Waals surface area contributed by atoms with Gasteiger partial charge in [0.2, 0.25) is 0 Å². The van der Waals surface area contributed by atoms with Crippen molar-refractivity contribution in [1.29, 1.82) is 0 Å². The van der Waals surface area contributed by atoms with Crippen molar-refractivity contribution >= 4 is 10.9 Å². The molecular weight excluding hydrogens is 518 g/mol. The average molecular weight is 546 g/mol. The van der Waals surface area contributed by atoms with Gasteiger partial charge in [-0.25, -0.2) is 4.39 Å². The molecule has 3 aromatic carbocycles. The number of benzene rings is 3. The predicted molar refractivity (Wildman–Crippen MR) is 137 cm³/mol. The number of aromatic nitrogens is 1. The van der Waals surface area contributed by atoms with E-state index < -0.39 is 23.8 Å². The molecule has 0 radical (unpaired) electrons. The summed E-state index contributed by atoms with van der Waals surface area (Å²) in [5.74, 6) is 0.00643. The van der Waals surface area contributed by atoms with E-state index in [4.69, 9.17) is 18.9 Å². The van der Waals surface area contributed by atoms with Crippen LogP contribution in [0.1, 0.15) is 25.0 Å². The van der Waals surface area contributed by atoms with Crippen LogP contribution in [0.4, 0.5) is 17.6 Å². The normalized spacial score (nSPS) is 11.8. The number of phenolic OH excluding ortho intramolecular Hbond substituents is 1. The molecule has 39 heavy (non-hydrogen) atoms. The number of aromatic hydroxyl groups is 1. The Morgan fingerprint density at radius 1 is 0.846 bits per heavy atom. The smallest absolute Gasteiger partial charge is 0.416 e. The standard InChI is InChI=1S/C29H27F4NO5/c1-3-36-28(37-4-2)17-39-21-9-7-20(8-10-21)38-16-25-23-12-6-19(35)14-27(23)34-15-24(25)22-11-5-18(13-26(22)30)29(31,32)33/h5-15,28,35H,3-4,16-17H2,1-2H3. The Morgan fingerprint density at radius 2 is 1.51 bits per heavy atom. The highest BCUT2D eigenvalue weighted by Gasteiger charge is 2.31. The molecule has 4 rings (SSSR count). The van der Waals surface area contributed by atoms with Crippen molar-refractivity contribution in [3.63, 3.8) is 0 Å². The zero-order valence-corrected chi connectivity index (χ0v) is 21.3. The highest BCUT2D eigenvalue weighted by molar-refractivity contribution is 5.89. The van der Waals surface area contributed by atoms with Crippen molar-refractivity contribution in [2.75, 3.05) is 19.8 Å². The van der Waals surface area contributed by atoms with Gasteiger partial charge in [-0.15, -0.1) is 0 Å². The number of ether oxygens (including phenoxy) is 4. The van der Waals surface area contributed by atoms with E-state index in [1.54, 1.807) is 30.3 Å². The quantitative estimate of drug-likeness (QED) is 0.160. The molecule has 6 nitrogen and oxygen atoms in total. The van der Waals surface area contributed by atoms with Crippen LogP contribution in [0.15, 0.2) is 66.9 Å². The molecule has 0 amide bonds. The number of alkyl halides is 3. The van der Waals surface area contributed by atoms with E-state index in [-0.39, 0.29) is 30.1 Å². The second kappa shape index (κ2) is 12.3. The van der Waals surface area contributed by atoms with Crippen LogP contribution in [-0.4, -0.2) is 36.2 Å². The summed E-state index contributed by atoms with van der Waals surface area (Å²) < 4.78 is 76.8. The van der Waals surface area contributed by atoms with Crippen molar-refractivity contribution in [3.05, 3.63) is 83.8 Å². The molecule has 4 aromatic rings. The molecule has 0 atom stereocenters. The molecular formula is C29H27F4NO5. The van der Waals surface area contributed by atoms with E-state index in [1.807, 2.05) is 13.8 Å². The summed E-state index contributed by atoms with van der Waals surface area (Å²) in [5.41, 5.74) is 0.0569. The van der Waals surface area contributed by atoms with E-state index in [0.29, 0.717) is 47.2 Å². The maximum absolute atomic E-state index is 14.9. The molecule has 0 unspecified atom stereocenters. The van der Waals surface area contributed by atoms with Gasteiger partial charge >= 0.3 is 6.18 Å². The van der Waals surface area contributed by atoms with Crippen molar-refractivity contribution < 1.29 is 41.6 Å². The van der Waals surface area contributed by atoms with Gasteiger partial charge < -0.3 is 24.1 Å². The molecule has 0 spiro atoms. The van der Waals surface area contributed by atoms with Gasteiger partial charge in [-0.05, 0) is 62.4 Å². The summed E-state index contributed by atoms with van der Waals surface area (Å²) in [7, 11) is 0. The predicted octanol–water partition coefficient (Wildman–Crippen LogP) is 7.12. The summed E-state index contributed by atoms with van der Waals surface area (Å²) in [6.45, 7) is 4.87. The van der Waals surface area contributed by atoms with Gasteiger partial charge in [0.15, 0.2) is 6.29 Å². The van der Waals surface area contributed by atoms with Gasteiger partial charge in [0.05, 0.1) is 11.1 Å². The molecule has 1 N–H and O–H groups in total. The Hall–Kier alpha value is -3.89. The van der Waals surface area contributed by atoms with Crippen LogP contribution in [0, 0.1) is 5.82 Å². The van der Waals surface area contributed by atoms with E-state index in [1.165, 1.54) is 18.3 Å². The molecule has 0 aliphatic carbocycles. The van der Waals surface area contributed by atoms with Crippen LogP contribution in [0.5, 0.6) is 17.2 Å². The van der Waals surface area contributed by atoms with Gasteiger partial charge in [-0.2, -0.15) is 13.2 Å². The van der Waals surface area contributed by atoms with E-state index in [0.717, 1.165) is 12.1 Å². The summed E-state index contributed by atoms with van der Waals surface area (Å²) in [4.78, 5) is 4.28. The Balaban J connectivity index is 1.58. The van der Waals surface area contributed by atoms with Crippen LogP contribution in [0.2, 0.25) is 0 Å². The zero-order chi connectivity index (χ0) is 28.0. The fraction of sp³-hybridized carbons (Fsp3) is 0.276. The van der Waals surface area contributed by atoms with E-state index >= 15 is 0 Å². The molecule has 0 aliphatic heterocycles. The lowest BCUT2D eigenvalue weighted by Crippen LogP contribution is -2.25. The van der Waals surface area contributed by atoms with Gasteiger partial charge in [0.25, 0.3) is 0 Å². The number of nitrogens with zero attached hydrogens (tertiary/aromatic N) is 1. The zero-order valence-electron chi connectivity index (χ0n) is 21.3. The van der Waals surface area contributed by atoms with E-state index in [2.05, 4.69) is 4.98 Å². The van der Waals surface area contributed by atoms with Crippen LogP contribution >= 0.6 is 0 Å². The van der Waals surface area contributed by atoms with Crippen molar-refractivity contribution in [1.82, 2.24) is 4.98 Å². The second-order valence-electron chi connectivity index (χ2n) is 8.46. The molecule has 0 fully saturated rings. The lowest BCUT2D eigenvalue weighted by molar-refractivity contribution is -0.152. The Labute approximate surface area is 222 Å². The number of halogens is 4. The number of phenols is 1. The Morgan fingerprint density at radius 3 is 2.13 bits per heavy atom. The van der Waals surface area contributed by atoms with Gasteiger partial charge in [0, 0.05) is 47.6 Å². The van der Waals surface area contributed by atoms with Crippen molar-refractivity contribution in [2.45, 2.75) is 32.9 Å². The summed E-state index contributed by atoms with van der Waals surface area (Å²) >= 11 is 0. The monoisotopic (exact) mass is 545 g/mol. The maximum Gasteiger partial charge on any atom is 0.416 e. The maximum atomic E-state index is 14.9. The molecule has 0 aliphatic rings. The Kier molecular flexibility index (Phi) is 8.88. The fourth-order valence-electron chi connectivity index (χ4n) is 4.00. The first-order chi connectivity index (χ1) is 18.7. The molecule has 0 saturated heterocycles. The minimum atomic E-state index is -4.67. The van der Waals surface area contributed by atoms with Crippen LogP contribution in [0.25, 0.3) is 22.0 Å². The highest BCUT2D eigenvalue weighted by atomic mass is 19.4. The summed E-state index contributed by atoms with van der Waals surface area (Å²) in [6, 6.07) is 13.7. The SMILES string of the molecule is CCOC(COc1ccc(OCc2c(-c3ccc(C(F)(F)F)cc3F)cnc3cc(O)ccc23)cc1)OCC. The third-order valence-electron chi connectivity index (χ3n) is 5.85. The molecule has 0 saturated carbocycles. The lowest BCUT2D eigenvalue weighted by Gasteiger charge is -2.18. The third-order valence-corrected chi connectivity index (χ3v) is 5.85. The lowest BCUT2D eigenvalue weighted by atomic mass is 9.96. The van der Waals surface area contributed by atoms with Crippen LogP contribution in [0.3, 0.4) is 0 Å². The Bertz CT molecular complexity index is 1400. The largest absolute Gasteiger partial charge is 0.508 e. The molecule has 1 aromatic heterocycles. The summed E-state index contributed by atoms with van der Waals surface area (Å²) in [6.07, 6.45) is -3.80. The van der Waals surface area contributed by atoms with Crippen LogP contribution in [-0.2, 0) is 22.3 Å². The first-order valence-corrected chi connectivity index (χ1v) is 12.3. The number of hydrogen-bond donors (Lipinski definition) is 1. The summed E-state index contributed by atoms with van der Waals surface area (Å²) in [5, 5.41) is 10.4. The number of fused-ring (bicyclic) bond motifs is 1. The number of pyridine rings is 1. The minimum Gasteiger partial charge on any atom is -0.508 e. The molecule has 10 heteroatoms. The first-order valence-electron chi connectivity index (χ1n) is 12.3.